The first-order valence-corrected chi connectivity index (χ1v) is 6.82. The van der Waals surface area contributed by atoms with Crippen LogP contribution in [0, 0.1) is 0 Å². The molecule has 0 spiro atoms. The van der Waals surface area contributed by atoms with Crippen LogP contribution in [0.2, 0.25) is 0 Å². The third kappa shape index (κ3) is 2.24. The van der Waals surface area contributed by atoms with Crippen LogP contribution in [0.5, 0.6) is 0 Å². The molecule has 1 aliphatic rings. The van der Waals surface area contributed by atoms with Gasteiger partial charge in [0.1, 0.15) is 12.1 Å². The van der Waals surface area contributed by atoms with Gasteiger partial charge in [-0.05, 0) is 19.4 Å². The van der Waals surface area contributed by atoms with Crippen LogP contribution in [0.4, 0.5) is 0 Å². The molecule has 0 aromatic heterocycles. The maximum Gasteiger partial charge on any atom is 0.131 e. The molecular formula is C15H24NO+. The fraction of sp³-hybridized carbons (Fsp3) is 0.600. The van der Waals surface area contributed by atoms with Crippen molar-refractivity contribution in [1.29, 1.82) is 0 Å². The van der Waals surface area contributed by atoms with Gasteiger partial charge in [0.05, 0.1) is 19.6 Å². The minimum atomic E-state index is -0.307. The Morgan fingerprint density at radius 3 is 2.47 bits per heavy atom. The first kappa shape index (κ1) is 12.6. The third-order valence-corrected chi connectivity index (χ3v) is 4.57. The Hall–Kier alpha value is -0.860. The van der Waals surface area contributed by atoms with Gasteiger partial charge >= 0.3 is 0 Å². The van der Waals surface area contributed by atoms with Crippen molar-refractivity contribution in [3.8, 4) is 0 Å². The molecule has 1 aromatic rings. The van der Waals surface area contributed by atoms with Gasteiger partial charge in [-0.3, -0.25) is 0 Å². The highest BCUT2D eigenvalue weighted by Gasteiger charge is 2.43. The number of rotatable bonds is 4. The van der Waals surface area contributed by atoms with Gasteiger partial charge in [-0.25, -0.2) is 0 Å². The van der Waals surface area contributed by atoms with E-state index < -0.39 is 0 Å². The van der Waals surface area contributed by atoms with E-state index in [1.807, 2.05) is 30.3 Å². The molecule has 1 heterocycles. The van der Waals surface area contributed by atoms with Gasteiger partial charge in [0.25, 0.3) is 0 Å². The van der Waals surface area contributed by atoms with Crippen LogP contribution in [0.1, 0.15) is 38.4 Å². The van der Waals surface area contributed by atoms with Crippen LogP contribution in [0.15, 0.2) is 30.3 Å². The summed E-state index contributed by atoms with van der Waals surface area (Å²) in [5.74, 6) is 0. The Balaban J connectivity index is 2.22. The highest BCUT2D eigenvalue weighted by molar-refractivity contribution is 5.18. The van der Waals surface area contributed by atoms with Crippen molar-refractivity contribution in [1.82, 2.24) is 0 Å². The lowest BCUT2D eigenvalue weighted by atomic mass is 9.99. The molecule has 0 aliphatic carbocycles. The second kappa shape index (κ2) is 5.19. The number of benzene rings is 1. The Labute approximate surface area is 104 Å². The summed E-state index contributed by atoms with van der Waals surface area (Å²) in [5, 5.41) is 10.6. The molecule has 2 unspecified atom stereocenters. The van der Waals surface area contributed by atoms with Gasteiger partial charge in [0, 0.05) is 12.8 Å². The summed E-state index contributed by atoms with van der Waals surface area (Å²) in [6, 6.07) is 10.5. The predicted molar refractivity (Wildman–Crippen MR) is 70.6 cm³/mol. The third-order valence-electron chi connectivity index (χ3n) is 4.57. The molecule has 0 amide bonds. The minimum absolute atomic E-state index is 0.307. The molecule has 2 rings (SSSR count). The first-order chi connectivity index (χ1) is 8.23. The molecule has 1 fully saturated rings. The van der Waals surface area contributed by atoms with Crippen molar-refractivity contribution in [2.45, 2.75) is 38.8 Å². The second-order valence-corrected chi connectivity index (χ2v) is 5.14. The largest absolute Gasteiger partial charge is 0.382 e. The first-order valence-electron chi connectivity index (χ1n) is 6.82. The zero-order chi connectivity index (χ0) is 12.3. The van der Waals surface area contributed by atoms with Crippen molar-refractivity contribution in [3.05, 3.63) is 35.9 Å². The fourth-order valence-electron chi connectivity index (χ4n) is 3.39. The lowest BCUT2D eigenvalue weighted by molar-refractivity contribution is -0.940. The van der Waals surface area contributed by atoms with Crippen LogP contribution in [-0.2, 0) is 0 Å². The second-order valence-electron chi connectivity index (χ2n) is 5.14. The van der Waals surface area contributed by atoms with E-state index in [4.69, 9.17) is 0 Å². The number of quaternary nitrogens is 1. The zero-order valence-electron chi connectivity index (χ0n) is 11.0. The van der Waals surface area contributed by atoms with Crippen LogP contribution in [0.3, 0.4) is 0 Å². The molecule has 0 radical (unpaired) electrons. The van der Waals surface area contributed by atoms with Crippen LogP contribution >= 0.6 is 0 Å². The average molecular weight is 234 g/mol. The maximum absolute atomic E-state index is 10.6. The van der Waals surface area contributed by atoms with E-state index in [0.717, 1.165) is 29.6 Å². The molecule has 0 bridgehead atoms. The average Bonchev–Trinajstić information content (AvgIpc) is 2.83. The maximum atomic E-state index is 10.6. The molecule has 0 saturated carbocycles. The standard InChI is InChI=1S/C15H24NO/c1-3-16(4-2)12-8-11-14(16)15(17)13-9-6-5-7-10-13/h5-7,9-10,14-15,17H,3-4,8,11-12H2,1-2H3/q+1. The van der Waals surface area contributed by atoms with E-state index in [-0.39, 0.29) is 6.10 Å². The number of nitrogens with zero attached hydrogens (tertiary/aromatic N) is 1. The molecule has 94 valence electrons. The summed E-state index contributed by atoms with van der Waals surface area (Å²) in [6.07, 6.45) is 2.09. The highest BCUT2D eigenvalue weighted by Crippen LogP contribution is 2.35. The number of hydrogen-bond donors (Lipinski definition) is 1. The molecule has 2 heteroatoms. The summed E-state index contributed by atoms with van der Waals surface area (Å²) in [6.45, 7) is 7.98. The normalized spacial score (nSPS) is 24.8. The van der Waals surface area contributed by atoms with E-state index in [1.54, 1.807) is 0 Å². The van der Waals surface area contributed by atoms with Gasteiger partial charge < -0.3 is 9.59 Å². The van der Waals surface area contributed by atoms with Gasteiger partial charge in [-0.15, -0.1) is 0 Å². The predicted octanol–water partition coefficient (Wildman–Crippen LogP) is 2.74. The molecule has 2 nitrogen and oxygen atoms in total. The molecule has 1 N–H and O–H groups in total. The molecule has 17 heavy (non-hydrogen) atoms. The Morgan fingerprint density at radius 1 is 1.24 bits per heavy atom. The number of likely N-dealkylation sites (N-methyl/N-ethyl adjacent to an activating group) is 1. The molecular weight excluding hydrogens is 210 g/mol. The van der Waals surface area contributed by atoms with E-state index in [2.05, 4.69) is 13.8 Å². The van der Waals surface area contributed by atoms with Gasteiger partial charge in [-0.1, -0.05) is 30.3 Å². The Morgan fingerprint density at radius 2 is 1.88 bits per heavy atom. The van der Waals surface area contributed by atoms with Gasteiger partial charge in [-0.2, -0.15) is 0 Å². The lowest BCUT2D eigenvalue weighted by Crippen LogP contribution is -2.53. The summed E-state index contributed by atoms with van der Waals surface area (Å²) in [7, 11) is 0. The van der Waals surface area contributed by atoms with Gasteiger partial charge in [0.2, 0.25) is 0 Å². The monoisotopic (exact) mass is 234 g/mol. The SMILES string of the molecule is CC[N+]1(CC)CCCC1C(O)c1ccccc1. The fourth-order valence-corrected chi connectivity index (χ4v) is 3.39. The molecule has 2 atom stereocenters. The van der Waals surface area contributed by atoms with E-state index in [1.165, 1.54) is 13.0 Å². The number of aliphatic hydroxyl groups excluding tert-OH is 1. The molecule has 1 aromatic carbocycles. The summed E-state index contributed by atoms with van der Waals surface area (Å²) >= 11 is 0. The minimum Gasteiger partial charge on any atom is -0.382 e. The number of likely N-dealkylation sites (tertiary alicyclic amines) is 1. The van der Waals surface area contributed by atoms with Crippen LogP contribution < -0.4 is 0 Å². The smallest absolute Gasteiger partial charge is 0.131 e. The molecule has 1 aliphatic heterocycles. The summed E-state index contributed by atoms with van der Waals surface area (Å²) < 4.78 is 1.08. The van der Waals surface area contributed by atoms with Gasteiger partial charge in [0.15, 0.2) is 0 Å². The van der Waals surface area contributed by atoms with E-state index >= 15 is 0 Å². The lowest BCUT2D eigenvalue weighted by Gasteiger charge is -2.40. The quantitative estimate of drug-likeness (QED) is 0.794. The van der Waals surface area contributed by atoms with Crippen molar-refractivity contribution in [2.24, 2.45) is 0 Å². The molecule has 1 saturated heterocycles. The van der Waals surface area contributed by atoms with Crippen molar-refractivity contribution in [3.63, 3.8) is 0 Å². The number of aliphatic hydroxyl groups is 1. The van der Waals surface area contributed by atoms with Crippen molar-refractivity contribution < 1.29 is 9.59 Å². The number of hydrogen-bond acceptors (Lipinski definition) is 1. The van der Waals surface area contributed by atoms with E-state index in [9.17, 15) is 5.11 Å². The highest BCUT2D eigenvalue weighted by atomic mass is 16.3. The van der Waals surface area contributed by atoms with Crippen LogP contribution in [-0.4, -0.2) is 35.3 Å². The zero-order valence-corrected chi connectivity index (χ0v) is 11.0. The van der Waals surface area contributed by atoms with Crippen molar-refractivity contribution in [2.75, 3.05) is 19.6 Å². The van der Waals surface area contributed by atoms with Crippen molar-refractivity contribution >= 4 is 0 Å². The van der Waals surface area contributed by atoms with E-state index in [0.29, 0.717) is 6.04 Å². The summed E-state index contributed by atoms with van der Waals surface area (Å²) in [5.41, 5.74) is 1.07. The topological polar surface area (TPSA) is 20.2 Å². The summed E-state index contributed by atoms with van der Waals surface area (Å²) in [4.78, 5) is 0. The Kier molecular flexibility index (Phi) is 3.85. The van der Waals surface area contributed by atoms with Crippen LogP contribution in [0.25, 0.3) is 0 Å². The Bertz CT molecular complexity index is 345.